The van der Waals surface area contributed by atoms with Gasteiger partial charge >= 0.3 is 6.18 Å². The van der Waals surface area contributed by atoms with E-state index in [2.05, 4.69) is 31.2 Å². The van der Waals surface area contributed by atoms with Gasteiger partial charge in [-0.2, -0.15) is 28.4 Å². The van der Waals surface area contributed by atoms with E-state index in [1.165, 1.54) is 6.07 Å². The van der Waals surface area contributed by atoms with Gasteiger partial charge in [-0.15, -0.1) is 0 Å². The first-order valence-corrected chi connectivity index (χ1v) is 9.53. The number of carbonyl (C=O) groups excluding carboxylic acids is 1. The number of rotatable bonds is 2. The molecule has 0 saturated heterocycles. The minimum Gasteiger partial charge on any atom is -0.362 e. The van der Waals surface area contributed by atoms with E-state index >= 15 is 0 Å². The summed E-state index contributed by atoms with van der Waals surface area (Å²) in [6.45, 7) is 0. The Bertz CT molecular complexity index is 941. The number of hydrazone groups is 1. The lowest BCUT2D eigenvalue weighted by atomic mass is 9.80. The predicted octanol–water partition coefficient (Wildman–Crippen LogP) is 4.09. The molecule has 2 heterocycles. The average Bonchev–Trinajstić information content (AvgIpc) is 3.26. The Balaban J connectivity index is 1.68. The van der Waals surface area contributed by atoms with Crippen molar-refractivity contribution in [1.29, 1.82) is 0 Å². The lowest BCUT2D eigenvalue weighted by Crippen LogP contribution is -2.61. The Morgan fingerprint density at radius 1 is 1.29 bits per heavy atom. The van der Waals surface area contributed by atoms with Gasteiger partial charge in [-0.3, -0.25) is 9.89 Å². The number of hydrogen-bond donors (Lipinski definition) is 2. The summed E-state index contributed by atoms with van der Waals surface area (Å²) in [5, 5.41) is 21.1. The molecule has 2 atom stereocenters. The third-order valence-electron chi connectivity index (χ3n) is 5.17. The van der Waals surface area contributed by atoms with Crippen LogP contribution >= 0.6 is 15.9 Å². The fourth-order valence-corrected chi connectivity index (χ4v) is 4.00. The van der Waals surface area contributed by atoms with Crippen molar-refractivity contribution in [3.8, 4) is 11.3 Å². The third-order valence-corrected chi connectivity index (χ3v) is 5.70. The Kier molecular flexibility index (Phi) is 4.58. The molecule has 1 saturated carbocycles. The molecule has 0 spiro atoms. The minimum absolute atomic E-state index is 0.131. The number of nitrogens with one attached hydrogen (secondary N) is 1. The molecule has 0 radical (unpaired) electrons. The van der Waals surface area contributed by atoms with Gasteiger partial charge in [0, 0.05) is 15.7 Å². The van der Waals surface area contributed by atoms with Gasteiger partial charge in [-0.1, -0.05) is 34.5 Å². The quantitative estimate of drug-likeness (QED) is 0.713. The van der Waals surface area contributed by atoms with Crippen LogP contribution in [0.4, 0.5) is 13.2 Å². The third kappa shape index (κ3) is 2.95. The van der Waals surface area contributed by atoms with Crippen LogP contribution in [0.2, 0.25) is 0 Å². The summed E-state index contributed by atoms with van der Waals surface area (Å²) in [5.74, 6) is -2.31. The first-order valence-electron chi connectivity index (χ1n) is 8.74. The molecule has 2 unspecified atom stereocenters. The normalized spacial score (nSPS) is 24.8. The molecule has 1 fully saturated rings. The second-order valence-electron chi connectivity index (χ2n) is 6.90. The number of nitrogens with zero attached hydrogens (tertiary/aromatic N) is 3. The number of H-pyrrole nitrogens is 1. The molecule has 2 aliphatic rings. The standard InChI is InChI=1S/C18H16BrF3N4O2/c19-11-7-5-10(6-8-11)14-9-15(24-23-14)16(27)26-17(28,18(20,21)22)12-3-1-2-4-13(12)25-26/h5-9,12,28H,1-4H2,(H,23,24). The van der Waals surface area contributed by atoms with Crippen LogP contribution in [0.3, 0.4) is 0 Å². The molecule has 1 aliphatic carbocycles. The second-order valence-corrected chi connectivity index (χ2v) is 7.82. The number of hydrogen-bond acceptors (Lipinski definition) is 4. The summed E-state index contributed by atoms with van der Waals surface area (Å²) < 4.78 is 42.3. The van der Waals surface area contributed by atoms with E-state index in [0.29, 0.717) is 30.5 Å². The number of aromatic nitrogens is 2. The Morgan fingerprint density at radius 2 is 2.00 bits per heavy atom. The smallest absolute Gasteiger partial charge is 0.362 e. The van der Waals surface area contributed by atoms with Crippen molar-refractivity contribution < 1.29 is 23.1 Å². The monoisotopic (exact) mass is 456 g/mol. The van der Waals surface area contributed by atoms with Crippen molar-refractivity contribution in [2.45, 2.75) is 37.6 Å². The molecule has 0 bridgehead atoms. The summed E-state index contributed by atoms with van der Waals surface area (Å²) in [6.07, 6.45) is -3.35. The highest BCUT2D eigenvalue weighted by atomic mass is 79.9. The molecular weight excluding hydrogens is 441 g/mol. The molecule has 1 aromatic heterocycles. The Labute approximate surface area is 166 Å². The van der Waals surface area contributed by atoms with Crippen LogP contribution in [-0.2, 0) is 0 Å². The molecule has 10 heteroatoms. The number of aromatic amines is 1. The van der Waals surface area contributed by atoms with Crippen LogP contribution in [-0.4, -0.2) is 43.8 Å². The Morgan fingerprint density at radius 3 is 2.68 bits per heavy atom. The number of benzene rings is 1. The van der Waals surface area contributed by atoms with Crippen molar-refractivity contribution in [2.24, 2.45) is 11.0 Å². The SMILES string of the molecule is O=C(c1cc(-c2ccc(Br)cc2)n[nH]1)N1N=C2CCCCC2C1(O)C(F)(F)F. The van der Waals surface area contributed by atoms with Gasteiger partial charge in [0.25, 0.3) is 11.6 Å². The van der Waals surface area contributed by atoms with E-state index in [-0.39, 0.29) is 22.8 Å². The van der Waals surface area contributed by atoms with E-state index in [1.54, 1.807) is 24.3 Å². The zero-order valence-electron chi connectivity index (χ0n) is 14.5. The van der Waals surface area contributed by atoms with E-state index in [0.717, 1.165) is 4.47 Å². The number of alkyl halides is 3. The van der Waals surface area contributed by atoms with Crippen LogP contribution in [0.25, 0.3) is 11.3 Å². The fourth-order valence-electron chi connectivity index (χ4n) is 3.73. The molecule has 2 aromatic rings. The predicted molar refractivity (Wildman–Crippen MR) is 98.3 cm³/mol. The summed E-state index contributed by atoms with van der Waals surface area (Å²) in [6, 6.07) is 8.43. The maximum atomic E-state index is 13.8. The van der Waals surface area contributed by atoms with E-state index in [1.807, 2.05) is 0 Å². The van der Waals surface area contributed by atoms with Gasteiger partial charge in [0.1, 0.15) is 5.69 Å². The number of aliphatic hydroxyl groups is 1. The van der Waals surface area contributed by atoms with Crippen molar-refractivity contribution in [3.63, 3.8) is 0 Å². The van der Waals surface area contributed by atoms with Gasteiger partial charge in [0.2, 0.25) is 0 Å². The molecule has 1 aliphatic heterocycles. The summed E-state index contributed by atoms with van der Waals surface area (Å²) >= 11 is 3.31. The van der Waals surface area contributed by atoms with Crippen LogP contribution in [0.15, 0.2) is 39.9 Å². The molecule has 6 nitrogen and oxygen atoms in total. The maximum Gasteiger partial charge on any atom is 0.439 e. The van der Waals surface area contributed by atoms with Crippen molar-refractivity contribution in [1.82, 2.24) is 15.2 Å². The Hall–Kier alpha value is -2.20. The lowest BCUT2D eigenvalue weighted by Gasteiger charge is -2.37. The highest BCUT2D eigenvalue weighted by Crippen LogP contribution is 2.48. The second kappa shape index (κ2) is 6.70. The molecule has 1 aromatic carbocycles. The highest BCUT2D eigenvalue weighted by Gasteiger charge is 2.68. The molecule has 4 rings (SSSR count). The number of fused-ring (bicyclic) bond motifs is 1. The number of amides is 1. The lowest BCUT2D eigenvalue weighted by molar-refractivity contribution is -0.312. The van der Waals surface area contributed by atoms with Gasteiger partial charge in [0.05, 0.1) is 11.6 Å². The van der Waals surface area contributed by atoms with Crippen molar-refractivity contribution >= 4 is 27.5 Å². The number of halogens is 4. The zero-order chi connectivity index (χ0) is 20.1. The van der Waals surface area contributed by atoms with Crippen molar-refractivity contribution in [2.75, 3.05) is 0 Å². The molecular formula is C18H16BrF3N4O2. The highest BCUT2D eigenvalue weighted by molar-refractivity contribution is 9.10. The van der Waals surface area contributed by atoms with Crippen LogP contribution in [0.1, 0.15) is 36.2 Å². The first kappa shape index (κ1) is 19.1. The topological polar surface area (TPSA) is 81.6 Å². The molecule has 1 amide bonds. The van der Waals surface area contributed by atoms with Gasteiger partial charge in [-0.05, 0) is 37.5 Å². The van der Waals surface area contributed by atoms with Gasteiger partial charge in [-0.25, -0.2) is 0 Å². The van der Waals surface area contributed by atoms with Gasteiger partial charge in [0.15, 0.2) is 0 Å². The summed E-state index contributed by atoms with van der Waals surface area (Å²) in [4.78, 5) is 12.8. The summed E-state index contributed by atoms with van der Waals surface area (Å²) in [7, 11) is 0. The molecule has 2 N–H and O–H groups in total. The summed E-state index contributed by atoms with van der Waals surface area (Å²) in [5.41, 5.74) is -2.22. The van der Waals surface area contributed by atoms with Crippen LogP contribution < -0.4 is 0 Å². The largest absolute Gasteiger partial charge is 0.439 e. The maximum absolute atomic E-state index is 13.8. The van der Waals surface area contributed by atoms with Crippen LogP contribution in [0, 0.1) is 5.92 Å². The molecule has 28 heavy (non-hydrogen) atoms. The van der Waals surface area contributed by atoms with Crippen LogP contribution in [0.5, 0.6) is 0 Å². The minimum atomic E-state index is -5.04. The number of carbonyl (C=O) groups is 1. The fraction of sp³-hybridized carbons (Fsp3) is 0.389. The molecule has 148 valence electrons. The van der Waals surface area contributed by atoms with Crippen molar-refractivity contribution in [3.05, 3.63) is 40.5 Å². The van der Waals surface area contributed by atoms with Gasteiger partial charge < -0.3 is 5.11 Å². The van der Waals surface area contributed by atoms with E-state index < -0.39 is 23.7 Å². The average molecular weight is 457 g/mol. The zero-order valence-corrected chi connectivity index (χ0v) is 16.1. The first-order chi connectivity index (χ1) is 13.2. The van der Waals surface area contributed by atoms with E-state index in [9.17, 15) is 23.1 Å². The van der Waals surface area contributed by atoms with E-state index in [4.69, 9.17) is 0 Å².